The molecule has 4 nitrogen and oxygen atoms in total. The van der Waals surface area contributed by atoms with Gasteiger partial charge in [-0.1, -0.05) is 0 Å². The van der Waals surface area contributed by atoms with Crippen LogP contribution in [0.4, 0.5) is 0 Å². The molecule has 2 aliphatic rings. The van der Waals surface area contributed by atoms with E-state index >= 15 is 0 Å². The number of rotatable bonds is 2. The van der Waals surface area contributed by atoms with Gasteiger partial charge in [0.25, 0.3) is 0 Å². The van der Waals surface area contributed by atoms with Crippen LogP contribution in [0.5, 0.6) is 0 Å². The van der Waals surface area contributed by atoms with Crippen molar-refractivity contribution in [2.45, 2.75) is 38.3 Å². The lowest BCUT2D eigenvalue weighted by Crippen LogP contribution is -2.22. The van der Waals surface area contributed by atoms with E-state index in [0.29, 0.717) is 5.57 Å². The first-order valence-electron chi connectivity index (χ1n) is 4.36. The quantitative estimate of drug-likeness (QED) is 0.485. The van der Waals surface area contributed by atoms with Gasteiger partial charge in [0.05, 0.1) is 17.8 Å². The Bertz CT molecular complexity index is 269. The molecule has 0 radical (unpaired) electrons. The zero-order valence-corrected chi connectivity index (χ0v) is 7.56. The van der Waals surface area contributed by atoms with E-state index in [1.54, 1.807) is 13.0 Å². The van der Waals surface area contributed by atoms with Crippen LogP contribution in [0, 0.1) is 0 Å². The molecular formula is C9H12O4. The SMILES string of the molecule is CC(O)[C@H]1C=C([C@@H]2O[C@H]2C)C(=O)O1. The first-order valence-corrected chi connectivity index (χ1v) is 4.36. The largest absolute Gasteiger partial charge is 0.452 e. The van der Waals surface area contributed by atoms with Crippen LogP contribution in [-0.2, 0) is 14.3 Å². The van der Waals surface area contributed by atoms with E-state index in [9.17, 15) is 9.90 Å². The predicted octanol–water partition coefficient (Wildman–Crippen LogP) is 0.00630. The van der Waals surface area contributed by atoms with Crippen molar-refractivity contribution < 1.29 is 19.4 Å². The first-order chi connectivity index (χ1) is 6.09. The van der Waals surface area contributed by atoms with Gasteiger partial charge in [-0.05, 0) is 19.9 Å². The zero-order chi connectivity index (χ0) is 9.59. The Morgan fingerprint density at radius 2 is 2.23 bits per heavy atom. The number of epoxide rings is 1. The molecule has 0 amide bonds. The molecule has 2 rings (SSSR count). The number of carbonyl (C=O) groups excluding carboxylic acids is 1. The van der Waals surface area contributed by atoms with Crippen LogP contribution in [0.15, 0.2) is 11.6 Å². The predicted molar refractivity (Wildman–Crippen MR) is 44.0 cm³/mol. The number of esters is 1. The van der Waals surface area contributed by atoms with Gasteiger partial charge in [-0.15, -0.1) is 0 Å². The summed E-state index contributed by atoms with van der Waals surface area (Å²) in [6.45, 7) is 3.49. The van der Waals surface area contributed by atoms with Crippen LogP contribution >= 0.6 is 0 Å². The van der Waals surface area contributed by atoms with E-state index in [4.69, 9.17) is 9.47 Å². The lowest BCUT2D eigenvalue weighted by atomic mass is 10.1. The second-order valence-corrected chi connectivity index (χ2v) is 3.49. The minimum absolute atomic E-state index is 0.103. The average Bonchev–Trinajstić information content (AvgIpc) is 2.60. The van der Waals surface area contributed by atoms with Crippen molar-refractivity contribution in [2.75, 3.05) is 0 Å². The van der Waals surface area contributed by atoms with Gasteiger partial charge >= 0.3 is 5.97 Å². The molecule has 1 unspecified atom stereocenters. The molecule has 0 saturated carbocycles. The monoisotopic (exact) mass is 184 g/mol. The van der Waals surface area contributed by atoms with E-state index in [2.05, 4.69) is 0 Å². The number of hydrogen-bond acceptors (Lipinski definition) is 4. The third kappa shape index (κ3) is 1.47. The number of aliphatic hydroxyl groups excluding tert-OH is 1. The van der Waals surface area contributed by atoms with E-state index in [1.165, 1.54) is 0 Å². The fraction of sp³-hybridized carbons (Fsp3) is 0.667. The Balaban J connectivity index is 2.10. The average molecular weight is 184 g/mol. The summed E-state index contributed by atoms with van der Waals surface area (Å²) >= 11 is 0. The maximum atomic E-state index is 11.2. The van der Waals surface area contributed by atoms with Crippen molar-refractivity contribution in [3.05, 3.63) is 11.6 Å². The van der Waals surface area contributed by atoms with Gasteiger partial charge < -0.3 is 14.6 Å². The summed E-state index contributed by atoms with van der Waals surface area (Å²) in [7, 11) is 0. The number of carbonyl (C=O) groups is 1. The van der Waals surface area contributed by atoms with Crippen LogP contribution in [0.25, 0.3) is 0 Å². The summed E-state index contributed by atoms with van der Waals surface area (Å²) in [5.41, 5.74) is 0.554. The van der Waals surface area contributed by atoms with Gasteiger partial charge in [-0.3, -0.25) is 0 Å². The molecule has 1 saturated heterocycles. The highest BCUT2D eigenvalue weighted by Gasteiger charge is 2.45. The maximum Gasteiger partial charge on any atom is 0.337 e. The highest BCUT2D eigenvalue weighted by atomic mass is 16.6. The Morgan fingerprint density at radius 1 is 1.62 bits per heavy atom. The van der Waals surface area contributed by atoms with E-state index in [-0.39, 0.29) is 18.2 Å². The highest BCUT2D eigenvalue weighted by molar-refractivity contribution is 5.92. The van der Waals surface area contributed by atoms with Crippen LogP contribution in [0.3, 0.4) is 0 Å². The molecule has 72 valence electrons. The van der Waals surface area contributed by atoms with Gasteiger partial charge in [0, 0.05) is 0 Å². The molecule has 2 aliphatic heterocycles. The van der Waals surface area contributed by atoms with Crippen LogP contribution in [0.2, 0.25) is 0 Å². The molecule has 2 heterocycles. The highest BCUT2D eigenvalue weighted by Crippen LogP contribution is 2.33. The molecule has 0 aromatic carbocycles. The number of cyclic esters (lactones) is 1. The van der Waals surface area contributed by atoms with Crippen LogP contribution in [-0.4, -0.2) is 35.5 Å². The molecular weight excluding hydrogens is 172 g/mol. The van der Waals surface area contributed by atoms with E-state index in [1.807, 2.05) is 6.92 Å². The molecule has 1 N–H and O–H groups in total. The van der Waals surface area contributed by atoms with Gasteiger partial charge in [0.15, 0.2) is 0 Å². The molecule has 1 fully saturated rings. The normalized spacial score (nSPS) is 39.8. The number of ether oxygens (including phenoxy) is 2. The summed E-state index contributed by atoms with van der Waals surface area (Å²) in [6, 6.07) is 0. The molecule has 0 spiro atoms. The third-order valence-corrected chi connectivity index (χ3v) is 2.32. The molecule has 4 heteroatoms. The summed E-state index contributed by atoms with van der Waals surface area (Å²) in [5.74, 6) is -0.361. The lowest BCUT2D eigenvalue weighted by molar-refractivity contribution is -0.143. The Kier molecular flexibility index (Phi) is 1.89. The van der Waals surface area contributed by atoms with Crippen molar-refractivity contribution in [2.24, 2.45) is 0 Å². The second-order valence-electron chi connectivity index (χ2n) is 3.49. The summed E-state index contributed by atoms with van der Waals surface area (Å²) in [4.78, 5) is 11.2. The first kappa shape index (κ1) is 8.72. The van der Waals surface area contributed by atoms with Crippen molar-refractivity contribution >= 4 is 5.97 Å². The van der Waals surface area contributed by atoms with Gasteiger partial charge in [0.2, 0.25) is 0 Å². The van der Waals surface area contributed by atoms with Crippen molar-refractivity contribution in [3.8, 4) is 0 Å². The molecule has 0 aromatic rings. The lowest BCUT2D eigenvalue weighted by Gasteiger charge is -2.09. The molecule has 0 bridgehead atoms. The fourth-order valence-electron chi connectivity index (χ4n) is 1.43. The van der Waals surface area contributed by atoms with E-state index in [0.717, 1.165) is 0 Å². The van der Waals surface area contributed by atoms with Gasteiger partial charge in [-0.25, -0.2) is 4.79 Å². The Labute approximate surface area is 76.1 Å². The summed E-state index contributed by atoms with van der Waals surface area (Å²) < 4.78 is 10.1. The third-order valence-electron chi connectivity index (χ3n) is 2.32. The standard InChI is InChI=1S/C9H12O4/c1-4(10)7-3-6(9(11)13-7)8-5(2)12-8/h3-5,7-8,10H,1-2H3/t4?,5-,7+,8+/m0/s1. The molecule has 0 aliphatic carbocycles. The van der Waals surface area contributed by atoms with Crippen LogP contribution < -0.4 is 0 Å². The molecule has 4 atom stereocenters. The Morgan fingerprint density at radius 3 is 2.62 bits per heavy atom. The Hall–Kier alpha value is -0.870. The number of aliphatic hydroxyl groups is 1. The minimum Gasteiger partial charge on any atom is -0.452 e. The second kappa shape index (κ2) is 2.82. The minimum atomic E-state index is -0.657. The summed E-state index contributed by atoms with van der Waals surface area (Å²) in [5, 5.41) is 9.19. The zero-order valence-electron chi connectivity index (χ0n) is 7.56. The fourth-order valence-corrected chi connectivity index (χ4v) is 1.43. The van der Waals surface area contributed by atoms with E-state index < -0.39 is 12.2 Å². The van der Waals surface area contributed by atoms with Gasteiger partial charge in [-0.2, -0.15) is 0 Å². The van der Waals surface area contributed by atoms with Crippen molar-refractivity contribution in [1.29, 1.82) is 0 Å². The summed E-state index contributed by atoms with van der Waals surface area (Å²) in [6.07, 6.45) is 0.485. The number of hydrogen-bond donors (Lipinski definition) is 1. The van der Waals surface area contributed by atoms with Gasteiger partial charge in [0.1, 0.15) is 12.2 Å². The maximum absolute atomic E-state index is 11.2. The van der Waals surface area contributed by atoms with Crippen molar-refractivity contribution in [3.63, 3.8) is 0 Å². The smallest absolute Gasteiger partial charge is 0.337 e. The molecule has 13 heavy (non-hydrogen) atoms. The van der Waals surface area contributed by atoms with Crippen molar-refractivity contribution in [1.82, 2.24) is 0 Å². The van der Waals surface area contributed by atoms with Crippen LogP contribution in [0.1, 0.15) is 13.8 Å². The topological polar surface area (TPSA) is 59.1 Å². The molecule has 0 aromatic heterocycles.